The van der Waals surface area contributed by atoms with Gasteiger partial charge in [-0.3, -0.25) is 9.78 Å². The smallest absolute Gasteiger partial charge is 0.314 e. The van der Waals surface area contributed by atoms with Gasteiger partial charge in [0.15, 0.2) is 0 Å². The Balaban J connectivity index is 2.89. The lowest BCUT2D eigenvalue weighted by atomic mass is 10.0. The fourth-order valence-corrected chi connectivity index (χ4v) is 1.20. The second kappa shape index (κ2) is 4.72. The zero-order chi connectivity index (χ0) is 10.6. The molecular weight excluding hydrogens is 180 g/mol. The molecule has 0 bridgehead atoms. The highest BCUT2D eigenvalue weighted by atomic mass is 16.5. The van der Waals surface area contributed by atoms with Gasteiger partial charge in [-0.2, -0.15) is 0 Å². The van der Waals surface area contributed by atoms with Crippen LogP contribution in [0.3, 0.4) is 0 Å². The number of aromatic nitrogens is 1. The molecule has 0 radical (unpaired) electrons. The number of hydrogen-bond donors (Lipinski definition) is 1. The molecule has 76 valence electrons. The lowest BCUT2D eigenvalue weighted by Crippen LogP contribution is -2.22. The summed E-state index contributed by atoms with van der Waals surface area (Å²) in [6, 6.07) is 3.69. The number of esters is 1. The number of nitrogens with two attached hydrogens (primary N) is 1. The zero-order valence-electron chi connectivity index (χ0n) is 8.36. The Bertz CT molecular complexity index is 308. The van der Waals surface area contributed by atoms with E-state index in [1.165, 1.54) is 7.11 Å². The SMILES string of the molecule is COC(=O)C(CN)c1ccc(C)nc1. The number of rotatable bonds is 3. The molecule has 14 heavy (non-hydrogen) atoms. The molecule has 0 aromatic carbocycles. The first kappa shape index (κ1) is 10.7. The highest BCUT2D eigenvalue weighted by Gasteiger charge is 2.19. The minimum absolute atomic E-state index is 0.234. The van der Waals surface area contributed by atoms with Gasteiger partial charge in [-0.25, -0.2) is 0 Å². The fraction of sp³-hybridized carbons (Fsp3) is 0.400. The first-order valence-electron chi connectivity index (χ1n) is 4.39. The van der Waals surface area contributed by atoms with E-state index in [1.807, 2.05) is 19.1 Å². The van der Waals surface area contributed by atoms with Crippen molar-refractivity contribution in [3.63, 3.8) is 0 Å². The third-order valence-corrected chi connectivity index (χ3v) is 2.06. The van der Waals surface area contributed by atoms with Gasteiger partial charge in [0, 0.05) is 18.4 Å². The first-order chi connectivity index (χ1) is 6.69. The summed E-state index contributed by atoms with van der Waals surface area (Å²) < 4.78 is 4.64. The molecule has 0 aliphatic carbocycles. The minimum atomic E-state index is -0.409. The summed E-state index contributed by atoms with van der Waals surface area (Å²) in [6.07, 6.45) is 1.66. The number of nitrogens with zero attached hydrogens (tertiary/aromatic N) is 1. The van der Waals surface area contributed by atoms with Crippen LogP contribution in [-0.2, 0) is 9.53 Å². The van der Waals surface area contributed by atoms with E-state index in [4.69, 9.17) is 5.73 Å². The summed E-state index contributed by atoms with van der Waals surface area (Å²) in [6.45, 7) is 2.12. The van der Waals surface area contributed by atoms with E-state index in [0.717, 1.165) is 11.3 Å². The van der Waals surface area contributed by atoms with Gasteiger partial charge in [0.25, 0.3) is 0 Å². The van der Waals surface area contributed by atoms with E-state index in [2.05, 4.69) is 9.72 Å². The molecule has 2 N–H and O–H groups in total. The van der Waals surface area contributed by atoms with Crippen molar-refractivity contribution in [2.45, 2.75) is 12.8 Å². The third-order valence-electron chi connectivity index (χ3n) is 2.06. The predicted molar refractivity (Wildman–Crippen MR) is 52.8 cm³/mol. The third kappa shape index (κ3) is 2.29. The monoisotopic (exact) mass is 194 g/mol. The maximum Gasteiger partial charge on any atom is 0.314 e. The number of methoxy groups -OCH3 is 1. The highest BCUT2D eigenvalue weighted by molar-refractivity contribution is 5.78. The van der Waals surface area contributed by atoms with Gasteiger partial charge in [-0.05, 0) is 18.6 Å². The van der Waals surface area contributed by atoms with E-state index in [-0.39, 0.29) is 12.5 Å². The Hall–Kier alpha value is -1.42. The molecule has 0 aliphatic rings. The number of pyridine rings is 1. The van der Waals surface area contributed by atoms with Crippen LogP contribution in [0.1, 0.15) is 17.2 Å². The Kier molecular flexibility index (Phi) is 3.59. The van der Waals surface area contributed by atoms with Crippen LogP contribution in [0.5, 0.6) is 0 Å². The van der Waals surface area contributed by atoms with Crippen molar-refractivity contribution in [1.29, 1.82) is 0 Å². The molecule has 4 heteroatoms. The van der Waals surface area contributed by atoms with Crippen molar-refractivity contribution in [2.75, 3.05) is 13.7 Å². The molecule has 0 saturated carbocycles. The second-order valence-corrected chi connectivity index (χ2v) is 3.04. The van der Waals surface area contributed by atoms with Gasteiger partial charge in [-0.15, -0.1) is 0 Å². The number of carbonyl (C=O) groups is 1. The van der Waals surface area contributed by atoms with E-state index >= 15 is 0 Å². The van der Waals surface area contributed by atoms with Crippen molar-refractivity contribution in [3.8, 4) is 0 Å². The van der Waals surface area contributed by atoms with Crippen LogP contribution in [0.4, 0.5) is 0 Å². The summed E-state index contributed by atoms with van der Waals surface area (Å²) in [5.41, 5.74) is 7.20. The Morgan fingerprint density at radius 1 is 1.64 bits per heavy atom. The van der Waals surface area contributed by atoms with Gasteiger partial charge in [0.1, 0.15) is 0 Å². The molecule has 0 spiro atoms. The van der Waals surface area contributed by atoms with E-state index in [9.17, 15) is 4.79 Å². The van der Waals surface area contributed by atoms with Crippen LogP contribution in [0.2, 0.25) is 0 Å². The summed E-state index contributed by atoms with van der Waals surface area (Å²) >= 11 is 0. The van der Waals surface area contributed by atoms with Gasteiger partial charge in [0.2, 0.25) is 0 Å². The average Bonchev–Trinajstić information content (AvgIpc) is 2.21. The maximum atomic E-state index is 11.3. The van der Waals surface area contributed by atoms with Crippen LogP contribution in [-0.4, -0.2) is 24.6 Å². The number of hydrogen-bond acceptors (Lipinski definition) is 4. The predicted octanol–water partition coefficient (Wildman–Crippen LogP) is 0.605. The lowest BCUT2D eigenvalue weighted by Gasteiger charge is -2.11. The van der Waals surface area contributed by atoms with Crippen molar-refractivity contribution >= 4 is 5.97 Å². The van der Waals surface area contributed by atoms with Gasteiger partial charge in [0.05, 0.1) is 13.0 Å². The molecule has 1 aromatic rings. The summed E-state index contributed by atoms with van der Waals surface area (Å²) in [4.78, 5) is 15.4. The topological polar surface area (TPSA) is 65.2 Å². The fourth-order valence-electron chi connectivity index (χ4n) is 1.20. The van der Waals surface area contributed by atoms with Crippen molar-refractivity contribution in [2.24, 2.45) is 5.73 Å². The molecule has 0 fully saturated rings. The Morgan fingerprint density at radius 3 is 2.79 bits per heavy atom. The summed E-state index contributed by atoms with van der Waals surface area (Å²) in [7, 11) is 1.35. The largest absolute Gasteiger partial charge is 0.469 e. The molecular formula is C10H14N2O2. The van der Waals surface area contributed by atoms with E-state index < -0.39 is 5.92 Å². The number of aryl methyl sites for hydroxylation is 1. The molecule has 1 unspecified atom stereocenters. The number of carbonyl (C=O) groups excluding carboxylic acids is 1. The van der Waals surface area contributed by atoms with Crippen molar-refractivity contribution in [1.82, 2.24) is 4.98 Å². The molecule has 0 amide bonds. The van der Waals surface area contributed by atoms with Crippen LogP contribution in [0.15, 0.2) is 18.3 Å². The Morgan fingerprint density at radius 2 is 2.36 bits per heavy atom. The van der Waals surface area contributed by atoms with E-state index in [0.29, 0.717) is 0 Å². The van der Waals surface area contributed by atoms with Gasteiger partial charge < -0.3 is 10.5 Å². The standard InChI is InChI=1S/C10H14N2O2/c1-7-3-4-8(6-12-7)9(5-11)10(13)14-2/h3-4,6,9H,5,11H2,1-2H3. The van der Waals surface area contributed by atoms with Crippen molar-refractivity contribution in [3.05, 3.63) is 29.6 Å². The lowest BCUT2D eigenvalue weighted by molar-refractivity contribution is -0.142. The zero-order valence-corrected chi connectivity index (χ0v) is 8.36. The van der Waals surface area contributed by atoms with Gasteiger partial charge in [-0.1, -0.05) is 6.07 Å². The molecule has 0 saturated heterocycles. The normalized spacial score (nSPS) is 12.2. The molecule has 1 heterocycles. The van der Waals surface area contributed by atoms with Gasteiger partial charge >= 0.3 is 5.97 Å². The van der Waals surface area contributed by atoms with Crippen LogP contribution in [0.25, 0.3) is 0 Å². The Labute approximate surface area is 83.1 Å². The highest BCUT2D eigenvalue weighted by Crippen LogP contribution is 2.14. The number of ether oxygens (including phenoxy) is 1. The molecule has 1 atom stereocenters. The summed E-state index contributed by atoms with van der Waals surface area (Å²) in [5, 5.41) is 0. The van der Waals surface area contributed by atoms with Crippen LogP contribution < -0.4 is 5.73 Å². The first-order valence-corrected chi connectivity index (χ1v) is 4.39. The maximum absolute atomic E-state index is 11.3. The summed E-state index contributed by atoms with van der Waals surface area (Å²) in [5.74, 6) is -0.730. The molecule has 0 aliphatic heterocycles. The van der Waals surface area contributed by atoms with Crippen LogP contribution in [0, 0.1) is 6.92 Å². The minimum Gasteiger partial charge on any atom is -0.469 e. The quantitative estimate of drug-likeness (QED) is 0.716. The molecule has 1 aromatic heterocycles. The van der Waals surface area contributed by atoms with Crippen molar-refractivity contribution < 1.29 is 9.53 Å². The van der Waals surface area contributed by atoms with Crippen LogP contribution >= 0.6 is 0 Å². The second-order valence-electron chi connectivity index (χ2n) is 3.04. The average molecular weight is 194 g/mol. The van der Waals surface area contributed by atoms with E-state index in [1.54, 1.807) is 6.20 Å². The molecule has 1 rings (SSSR count). The molecule has 4 nitrogen and oxygen atoms in total.